The van der Waals surface area contributed by atoms with Crippen molar-refractivity contribution in [2.45, 2.75) is 13.0 Å². The van der Waals surface area contributed by atoms with Crippen LogP contribution in [0.25, 0.3) is 0 Å². The van der Waals surface area contributed by atoms with Gasteiger partial charge in [0.15, 0.2) is 0 Å². The number of rotatable bonds is 3. The molecule has 0 atom stereocenters. The molecule has 3 heteroatoms. The maximum absolute atomic E-state index is 5.10. The number of halogens is 1. The predicted octanol–water partition coefficient (Wildman–Crippen LogP) is 2.45. The van der Waals surface area contributed by atoms with Gasteiger partial charge in [0.25, 0.3) is 0 Å². The van der Waals surface area contributed by atoms with Crippen LogP contribution in [0.3, 0.4) is 0 Å². The zero-order valence-electron chi connectivity index (χ0n) is 9.00. The summed E-state index contributed by atoms with van der Waals surface area (Å²) in [4.78, 5) is 2.44. The normalized spacial score (nSPS) is 16.4. The van der Waals surface area contributed by atoms with Gasteiger partial charge >= 0.3 is 0 Å². The third kappa shape index (κ3) is 2.80. The second-order valence-electron chi connectivity index (χ2n) is 3.93. The first kappa shape index (κ1) is 11.1. The summed E-state index contributed by atoms with van der Waals surface area (Å²) in [6, 6.07) is 6.58. The minimum absolute atomic E-state index is 0.825. The molecule has 82 valence electrons. The highest BCUT2D eigenvalue weighted by Gasteiger charge is 2.15. The maximum Gasteiger partial charge on any atom is 0.0589 e. The van der Waals surface area contributed by atoms with E-state index in [9.17, 15) is 0 Å². The molecule has 0 aromatic heterocycles. The van der Waals surface area contributed by atoms with E-state index in [0.717, 1.165) is 32.7 Å². The highest BCUT2D eigenvalue weighted by Crippen LogP contribution is 2.22. The Morgan fingerprint density at radius 2 is 2.27 bits per heavy atom. The third-order valence-electron chi connectivity index (χ3n) is 2.87. The van der Waals surface area contributed by atoms with Crippen LogP contribution in [0.1, 0.15) is 11.1 Å². The standard InChI is InChI=1S/C12H16BrNO/c1-15-7-6-14-5-4-10-8-12(13)3-2-11(10)9-14/h2-3,8H,4-7,9H2,1H3. The highest BCUT2D eigenvalue weighted by atomic mass is 79.9. The summed E-state index contributed by atoms with van der Waals surface area (Å²) in [5, 5.41) is 0. The summed E-state index contributed by atoms with van der Waals surface area (Å²) < 4.78 is 6.29. The second kappa shape index (κ2) is 5.10. The van der Waals surface area contributed by atoms with E-state index in [1.807, 2.05) is 0 Å². The molecule has 0 unspecified atom stereocenters. The van der Waals surface area contributed by atoms with Crippen LogP contribution in [0, 0.1) is 0 Å². The van der Waals surface area contributed by atoms with Gasteiger partial charge in [-0.1, -0.05) is 22.0 Å². The molecule has 0 N–H and O–H groups in total. The Morgan fingerprint density at radius 3 is 3.07 bits per heavy atom. The minimum Gasteiger partial charge on any atom is -0.383 e. The van der Waals surface area contributed by atoms with Gasteiger partial charge in [-0.15, -0.1) is 0 Å². The lowest BCUT2D eigenvalue weighted by Gasteiger charge is -2.28. The van der Waals surface area contributed by atoms with E-state index in [1.54, 1.807) is 7.11 Å². The van der Waals surface area contributed by atoms with Gasteiger partial charge in [-0.2, -0.15) is 0 Å². The van der Waals surface area contributed by atoms with E-state index in [0.29, 0.717) is 0 Å². The monoisotopic (exact) mass is 269 g/mol. The van der Waals surface area contributed by atoms with E-state index >= 15 is 0 Å². The fourth-order valence-corrected chi connectivity index (χ4v) is 2.40. The lowest BCUT2D eigenvalue weighted by atomic mass is 10.00. The van der Waals surface area contributed by atoms with Gasteiger partial charge in [-0.3, -0.25) is 4.90 Å². The zero-order chi connectivity index (χ0) is 10.7. The van der Waals surface area contributed by atoms with Crippen LogP contribution in [-0.4, -0.2) is 31.7 Å². The van der Waals surface area contributed by atoms with Gasteiger partial charge in [0.05, 0.1) is 6.61 Å². The van der Waals surface area contributed by atoms with Crippen molar-refractivity contribution in [1.29, 1.82) is 0 Å². The van der Waals surface area contributed by atoms with Gasteiger partial charge in [-0.05, 0) is 29.7 Å². The molecule has 15 heavy (non-hydrogen) atoms. The van der Waals surface area contributed by atoms with Crippen molar-refractivity contribution < 1.29 is 4.74 Å². The molecule has 1 aliphatic rings. The number of nitrogens with zero attached hydrogens (tertiary/aromatic N) is 1. The molecule has 2 rings (SSSR count). The molecule has 1 aromatic carbocycles. The van der Waals surface area contributed by atoms with E-state index in [4.69, 9.17) is 4.74 Å². The molecule has 2 nitrogen and oxygen atoms in total. The summed E-state index contributed by atoms with van der Waals surface area (Å²) in [7, 11) is 1.76. The fraction of sp³-hybridized carbons (Fsp3) is 0.500. The van der Waals surface area contributed by atoms with Crippen LogP contribution in [0.5, 0.6) is 0 Å². The Balaban J connectivity index is 2.03. The van der Waals surface area contributed by atoms with Crippen LogP contribution < -0.4 is 0 Å². The summed E-state index contributed by atoms with van der Waals surface area (Å²) in [6.45, 7) is 4.07. The van der Waals surface area contributed by atoms with Gasteiger partial charge in [0, 0.05) is 31.2 Å². The Kier molecular flexibility index (Phi) is 3.78. The van der Waals surface area contributed by atoms with Gasteiger partial charge in [0.1, 0.15) is 0 Å². The lowest BCUT2D eigenvalue weighted by Crippen LogP contribution is -2.33. The topological polar surface area (TPSA) is 12.5 Å². The molecule has 0 saturated heterocycles. The number of ether oxygens (including phenoxy) is 1. The Bertz CT molecular complexity index is 340. The predicted molar refractivity (Wildman–Crippen MR) is 65.0 cm³/mol. The smallest absolute Gasteiger partial charge is 0.0589 e. The molecule has 0 saturated carbocycles. The molecule has 1 aromatic rings. The summed E-state index contributed by atoms with van der Waals surface area (Å²) in [5.41, 5.74) is 2.94. The first-order valence-electron chi connectivity index (χ1n) is 5.28. The molecular weight excluding hydrogens is 254 g/mol. The zero-order valence-corrected chi connectivity index (χ0v) is 10.6. The molecule has 0 fully saturated rings. The van der Waals surface area contributed by atoms with Crippen molar-refractivity contribution in [1.82, 2.24) is 4.90 Å². The number of hydrogen-bond acceptors (Lipinski definition) is 2. The lowest BCUT2D eigenvalue weighted by molar-refractivity contribution is 0.141. The molecule has 0 amide bonds. The molecule has 0 aliphatic carbocycles. The SMILES string of the molecule is COCCN1CCc2cc(Br)ccc2C1. The molecule has 1 heterocycles. The van der Waals surface area contributed by atoms with E-state index in [2.05, 4.69) is 39.0 Å². The van der Waals surface area contributed by atoms with Crippen LogP contribution in [0.4, 0.5) is 0 Å². The number of fused-ring (bicyclic) bond motifs is 1. The van der Waals surface area contributed by atoms with Crippen LogP contribution in [-0.2, 0) is 17.7 Å². The largest absolute Gasteiger partial charge is 0.383 e. The van der Waals surface area contributed by atoms with Crippen molar-refractivity contribution in [2.75, 3.05) is 26.8 Å². The van der Waals surface area contributed by atoms with E-state index < -0.39 is 0 Å². The quantitative estimate of drug-likeness (QED) is 0.836. The summed E-state index contributed by atoms with van der Waals surface area (Å²) >= 11 is 3.51. The van der Waals surface area contributed by atoms with Gasteiger partial charge in [0.2, 0.25) is 0 Å². The molecule has 0 bridgehead atoms. The van der Waals surface area contributed by atoms with Gasteiger partial charge < -0.3 is 4.74 Å². The molecule has 0 radical (unpaired) electrons. The van der Waals surface area contributed by atoms with Crippen molar-refractivity contribution in [2.24, 2.45) is 0 Å². The van der Waals surface area contributed by atoms with Crippen LogP contribution >= 0.6 is 15.9 Å². The van der Waals surface area contributed by atoms with Crippen LogP contribution in [0.2, 0.25) is 0 Å². The number of methoxy groups -OCH3 is 1. The maximum atomic E-state index is 5.10. The van der Waals surface area contributed by atoms with E-state index in [1.165, 1.54) is 15.6 Å². The summed E-state index contributed by atoms with van der Waals surface area (Å²) in [5.74, 6) is 0. The van der Waals surface area contributed by atoms with Gasteiger partial charge in [-0.25, -0.2) is 0 Å². The van der Waals surface area contributed by atoms with Crippen LogP contribution in [0.15, 0.2) is 22.7 Å². The number of benzene rings is 1. The summed E-state index contributed by atoms with van der Waals surface area (Å²) in [6.07, 6.45) is 1.15. The van der Waals surface area contributed by atoms with Crippen molar-refractivity contribution in [3.05, 3.63) is 33.8 Å². The minimum atomic E-state index is 0.825. The van der Waals surface area contributed by atoms with Crippen molar-refractivity contribution >= 4 is 15.9 Å². The highest BCUT2D eigenvalue weighted by molar-refractivity contribution is 9.10. The molecular formula is C12H16BrNO. The second-order valence-corrected chi connectivity index (χ2v) is 4.85. The average molecular weight is 270 g/mol. The number of hydrogen-bond donors (Lipinski definition) is 0. The van der Waals surface area contributed by atoms with Crippen molar-refractivity contribution in [3.63, 3.8) is 0 Å². The Hall–Kier alpha value is -0.380. The van der Waals surface area contributed by atoms with Crippen molar-refractivity contribution in [3.8, 4) is 0 Å². The first-order valence-corrected chi connectivity index (χ1v) is 6.07. The molecule has 0 spiro atoms. The van der Waals surface area contributed by atoms with E-state index in [-0.39, 0.29) is 0 Å². The fourth-order valence-electron chi connectivity index (χ4n) is 1.99. The Labute approximate surface area is 99.4 Å². The Morgan fingerprint density at radius 1 is 1.40 bits per heavy atom. The molecule has 1 aliphatic heterocycles. The third-order valence-corrected chi connectivity index (χ3v) is 3.36. The average Bonchev–Trinajstić information content (AvgIpc) is 2.26. The first-order chi connectivity index (χ1) is 7.29.